The molecule has 1 aromatic carbocycles. The summed E-state index contributed by atoms with van der Waals surface area (Å²) < 4.78 is 19.5. The quantitative estimate of drug-likeness (QED) is 0.387. The zero-order chi connectivity index (χ0) is 18.3. The van der Waals surface area contributed by atoms with E-state index in [9.17, 15) is 9.18 Å². The topological polar surface area (TPSA) is 26.3 Å². The normalized spacial score (nSPS) is 13.5. The number of hydrogen-bond donors (Lipinski definition) is 0. The number of aryl methyl sites for hydroxylation is 1. The Morgan fingerprint density at radius 1 is 1.08 bits per heavy atom. The first kappa shape index (κ1) is 19.6. The number of halogens is 1. The number of ether oxygens (including phenoxy) is 1. The molecule has 0 aliphatic carbocycles. The van der Waals surface area contributed by atoms with E-state index in [0.717, 1.165) is 28.0 Å². The van der Waals surface area contributed by atoms with E-state index < -0.39 is 0 Å². The zero-order valence-electron chi connectivity index (χ0n) is 15.2. The molecular formula is C21H25FO2. The lowest BCUT2D eigenvalue weighted by molar-refractivity contribution is -0.104. The molecular weight excluding hydrogens is 303 g/mol. The van der Waals surface area contributed by atoms with Crippen LogP contribution < -0.4 is 4.74 Å². The zero-order valence-corrected chi connectivity index (χ0v) is 15.2. The van der Waals surface area contributed by atoms with Gasteiger partial charge in [-0.25, -0.2) is 4.39 Å². The monoisotopic (exact) mass is 328 g/mol. The molecule has 1 rings (SSSR count). The minimum atomic E-state index is -0.328. The van der Waals surface area contributed by atoms with E-state index in [4.69, 9.17) is 4.74 Å². The molecule has 2 nitrogen and oxygen atoms in total. The summed E-state index contributed by atoms with van der Waals surface area (Å²) >= 11 is 0. The van der Waals surface area contributed by atoms with Crippen molar-refractivity contribution in [3.05, 3.63) is 69.6 Å². The molecule has 0 bridgehead atoms. The van der Waals surface area contributed by atoms with Gasteiger partial charge in [0.2, 0.25) is 0 Å². The van der Waals surface area contributed by atoms with Gasteiger partial charge in [0, 0.05) is 0 Å². The molecule has 0 heterocycles. The van der Waals surface area contributed by atoms with E-state index in [1.54, 1.807) is 33.1 Å². The van der Waals surface area contributed by atoms with Gasteiger partial charge < -0.3 is 4.74 Å². The van der Waals surface area contributed by atoms with Gasteiger partial charge in [-0.15, -0.1) is 0 Å². The van der Waals surface area contributed by atoms with Crippen molar-refractivity contribution in [3.8, 4) is 5.75 Å². The molecule has 128 valence electrons. The first-order valence-corrected chi connectivity index (χ1v) is 7.81. The van der Waals surface area contributed by atoms with Crippen LogP contribution in [0.25, 0.3) is 6.08 Å². The molecule has 0 saturated carbocycles. The van der Waals surface area contributed by atoms with Gasteiger partial charge in [0.1, 0.15) is 17.9 Å². The fourth-order valence-electron chi connectivity index (χ4n) is 2.32. The standard InChI is InChI=1S/C21H25FO2/c1-14(11-12-23)7-10-20(22)15(2)8-9-19-16(3)13-21(24-6)18(5)17(19)4/h7-13H,1-6H3. The maximum absolute atomic E-state index is 14.1. The summed E-state index contributed by atoms with van der Waals surface area (Å²) in [4.78, 5) is 10.4. The van der Waals surface area contributed by atoms with Crippen molar-refractivity contribution in [2.45, 2.75) is 34.6 Å². The summed E-state index contributed by atoms with van der Waals surface area (Å²) in [6.45, 7) is 9.52. The van der Waals surface area contributed by atoms with Crippen molar-refractivity contribution >= 4 is 12.4 Å². The first-order chi connectivity index (χ1) is 11.3. The van der Waals surface area contributed by atoms with E-state index >= 15 is 0 Å². The van der Waals surface area contributed by atoms with Crippen LogP contribution in [0.5, 0.6) is 5.75 Å². The van der Waals surface area contributed by atoms with Gasteiger partial charge in [-0.05, 0) is 86.2 Å². The summed E-state index contributed by atoms with van der Waals surface area (Å²) in [5.41, 5.74) is 5.59. The lowest BCUT2D eigenvalue weighted by atomic mass is 9.96. The van der Waals surface area contributed by atoms with Gasteiger partial charge in [-0.1, -0.05) is 18.2 Å². The summed E-state index contributed by atoms with van der Waals surface area (Å²) in [5.74, 6) is 0.534. The maximum atomic E-state index is 14.1. The lowest BCUT2D eigenvalue weighted by Crippen LogP contribution is -1.95. The third kappa shape index (κ3) is 5.05. The number of hydrogen-bond acceptors (Lipinski definition) is 2. The molecule has 0 saturated heterocycles. The number of aldehydes is 1. The van der Waals surface area contributed by atoms with Crippen LogP contribution in [-0.2, 0) is 4.79 Å². The molecule has 0 radical (unpaired) electrons. The smallest absolute Gasteiger partial charge is 0.143 e. The predicted octanol–water partition coefficient (Wildman–Crippen LogP) is 5.58. The Morgan fingerprint density at radius 3 is 2.33 bits per heavy atom. The molecule has 0 aliphatic heterocycles. The van der Waals surface area contributed by atoms with Crippen LogP contribution in [0.15, 0.2) is 47.3 Å². The summed E-state index contributed by atoms with van der Waals surface area (Å²) in [5, 5.41) is 0. The Hall–Kier alpha value is -2.42. The second-order valence-corrected chi connectivity index (χ2v) is 5.80. The fourth-order valence-corrected chi connectivity index (χ4v) is 2.32. The molecule has 0 amide bonds. The fraction of sp³-hybridized carbons (Fsp3) is 0.286. The maximum Gasteiger partial charge on any atom is 0.143 e. The van der Waals surface area contributed by atoms with Crippen molar-refractivity contribution in [3.63, 3.8) is 0 Å². The van der Waals surface area contributed by atoms with E-state index in [1.165, 1.54) is 12.2 Å². The van der Waals surface area contributed by atoms with Crippen LogP contribution in [-0.4, -0.2) is 13.4 Å². The SMILES string of the molecule is COc1cc(C)c(C=CC(C)=C(F)C=CC(C)=CC=O)c(C)c1C. The minimum Gasteiger partial charge on any atom is -0.496 e. The van der Waals surface area contributed by atoms with Crippen molar-refractivity contribution < 1.29 is 13.9 Å². The lowest BCUT2D eigenvalue weighted by Gasteiger charge is -2.13. The van der Waals surface area contributed by atoms with Crippen LogP contribution in [0.1, 0.15) is 36.1 Å². The highest BCUT2D eigenvalue weighted by atomic mass is 19.1. The van der Waals surface area contributed by atoms with Gasteiger partial charge in [-0.2, -0.15) is 0 Å². The number of allylic oxidation sites excluding steroid dienone is 7. The average Bonchev–Trinajstić information content (AvgIpc) is 2.55. The van der Waals surface area contributed by atoms with E-state index in [1.807, 2.05) is 32.9 Å². The van der Waals surface area contributed by atoms with Gasteiger partial charge >= 0.3 is 0 Å². The predicted molar refractivity (Wildman–Crippen MR) is 99.0 cm³/mol. The Kier molecular flexibility index (Phi) is 7.37. The summed E-state index contributed by atoms with van der Waals surface area (Å²) in [6.07, 6.45) is 8.71. The van der Waals surface area contributed by atoms with Gasteiger partial charge in [0.15, 0.2) is 0 Å². The van der Waals surface area contributed by atoms with Crippen molar-refractivity contribution in [1.82, 2.24) is 0 Å². The Balaban J connectivity index is 3.12. The highest BCUT2D eigenvalue weighted by Gasteiger charge is 2.08. The van der Waals surface area contributed by atoms with Crippen LogP contribution in [0.2, 0.25) is 0 Å². The third-order valence-electron chi connectivity index (χ3n) is 4.03. The van der Waals surface area contributed by atoms with Crippen LogP contribution in [0.4, 0.5) is 4.39 Å². The second kappa shape index (κ2) is 9.02. The number of carbonyl (C=O) groups excluding carboxylic acids is 1. The largest absolute Gasteiger partial charge is 0.496 e. The highest BCUT2D eigenvalue weighted by molar-refractivity contribution is 5.67. The van der Waals surface area contributed by atoms with Crippen molar-refractivity contribution in [2.24, 2.45) is 0 Å². The number of rotatable bonds is 6. The molecule has 0 atom stereocenters. The Labute approximate surface area is 144 Å². The van der Waals surface area contributed by atoms with E-state index in [2.05, 4.69) is 0 Å². The third-order valence-corrected chi connectivity index (χ3v) is 4.03. The summed E-state index contributed by atoms with van der Waals surface area (Å²) in [6, 6.07) is 1.99. The number of methoxy groups -OCH3 is 1. The second-order valence-electron chi connectivity index (χ2n) is 5.80. The average molecular weight is 328 g/mol. The highest BCUT2D eigenvalue weighted by Crippen LogP contribution is 2.28. The molecule has 1 aromatic rings. The molecule has 0 fully saturated rings. The van der Waals surface area contributed by atoms with Gasteiger partial charge in [0.25, 0.3) is 0 Å². The Morgan fingerprint density at radius 2 is 1.75 bits per heavy atom. The molecule has 0 aromatic heterocycles. The molecule has 3 heteroatoms. The van der Waals surface area contributed by atoms with Gasteiger partial charge in [0.05, 0.1) is 7.11 Å². The van der Waals surface area contributed by atoms with E-state index in [-0.39, 0.29) is 5.83 Å². The van der Waals surface area contributed by atoms with Crippen LogP contribution in [0, 0.1) is 20.8 Å². The number of benzene rings is 1. The van der Waals surface area contributed by atoms with Crippen molar-refractivity contribution in [1.29, 1.82) is 0 Å². The Bertz CT molecular complexity index is 735. The molecule has 24 heavy (non-hydrogen) atoms. The molecule has 0 spiro atoms. The first-order valence-electron chi connectivity index (χ1n) is 7.81. The van der Waals surface area contributed by atoms with Crippen LogP contribution in [0.3, 0.4) is 0 Å². The minimum absolute atomic E-state index is 0.328. The number of carbonyl (C=O) groups is 1. The van der Waals surface area contributed by atoms with Crippen LogP contribution >= 0.6 is 0 Å². The summed E-state index contributed by atoms with van der Waals surface area (Å²) in [7, 11) is 1.66. The molecule has 0 aliphatic rings. The molecule has 0 N–H and O–H groups in total. The van der Waals surface area contributed by atoms with E-state index in [0.29, 0.717) is 17.4 Å². The van der Waals surface area contributed by atoms with Crippen molar-refractivity contribution in [2.75, 3.05) is 7.11 Å². The molecule has 0 unspecified atom stereocenters. The van der Waals surface area contributed by atoms with Gasteiger partial charge in [-0.3, -0.25) is 4.79 Å².